The lowest BCUT2D eigenvalue weighted by atomic mass is 10.0. The van der Waals surface area contributed by atoms with Gasteiger partial charge in [0.25, 0.3) is 0 Å². The van der Waals surface area contributed by atoms with Gasteiger partial charge in [0.05, 0.1) is 5.69 Å². The van der Waals surface area contributed by atoms with E-state index in [4.69, 9.17) is 4.98 Å². The second-order valence-electron chi connectivity index (χ2n) is 6.52. The molecule has 0 spiro atoms. The van der Waals surface area contributed by atoms with Crippen molar-refractivity contribution in [3.8, 4) is 11.3 Å². The van der Waals surface area contributed by atoms with Crippen LogP contribution in [0, 0.1) is 20.8 Å². The number of azo groups is 1. The van der Waals surface area contributed by atoms with Gasteiger partial charge >= 0.3 is 0 Å². The van der Waals surface area contributed by atoms with Gasteiger partial charge in [-0.15, -0.1) is 10.2 Å². The lowest BCUT2D eigenvalue weighted by molar-refractivity contribution is 1.10. The van der Waals surface area contributed by atoms with Crippen LogP contribution in [0.15, 0.2) is 77.1 Å². The van der Waals surface area contributed by atoms with Crippen molar-refractivity contribution in [3.63, 3.8) is 0 Å². The first-order valence-corrected chi connectivity index (χ1v) is 8.65. The largest absolute Gasteiger partial charge is 0.283 e. The lowest BCUT2D eigenvalue weighted by Gasteiger charge is -2.05. The Balaban J connectivity index is 1.91. The van der Waals surface area contributed by atoms with Crippen molar-refractivity contribution in [2.24, 2.45) is 10.2 Å². The van der Waals surface area contributed by atoms with E-state index in [1.165, 1.54) is 11.1 Å². The third kappa shape index (κ3) is 2.90. The van der Waals surface area contributed by atoms with Gasteiger partial charge in [-0.2, -0.15) is 0 Å². The van der Waals surface area contributed by atoms with Gasteiger partial charge in [-0.25, -0.2) is 4.98 Å². The molecule has 128 valence electrons. The Hall–Kier alpha value is -3.27. The summed E-state index contributed by atoms with van der Waals surface area (Å²) in [5, 5.41) is 9.09. The minimum absolute atomic E-state index is 0.746. The first kappa shape index (κ1) is 16.2. The fourth-order valence-corrected chi connectivity index (χ4v) is 3.12. The Morgan fingerprint density at radius 3 is 2.42 bits per heavy atom. The molecule has 0 atom stereocenters. The van der Waals surface area contributed by atoms with Gasteiger partial charge in [-0.05, 0) is 50.1 Å². The molecule has 2 aromatic heterocycles. The number of aromatic nitrogens is 2. The van der Waals surface area contributed by atoms with Crippen LogP contribution in [-0.4, -0.2) is 9.38 Å². The molecule has 2 heterocycles. The topological polar surface area (TPSA) is 42.0 Å². The van der Waals surface area contributed by atoms with E-state index in [1.54, 1.807) is 0 Å². The second-order valence-corrected chi connectivity index (χ2v) is 6.52. The lowest BCUT2D eigenvalue weighted by Crippen LogP contribution is -1.86. The Kier molecular flexibility index (Phi) is 4.09. The molecule has 0 fully saturated rings. The van der Waals surface area contributed by atoms with E-state index in [-0.39, 0.29) is 0 Å². The number of hydrogen-bond donors (Lipinski definition) is 0. The van der Waals surface area contributed by atoms with Crippen molar-refractivity contribution < 1.29 is 0 Å². The average molecular weight is 340 g/mol. The number of hydrogen-bond acceptors (Lipinski definition) is 3. The molecule has 0 unspecified atom stereocenters. The Morgan fingerprint density at radius 2 is 1.62 bits per heavy atom. The van der Waals surface area contributed by atoms with Crippen LogP contribution in [0.5, 0.6) is 0 Å². The normalized spacial score (nSPS) is 11.5. The third-order valence-corrected chi connectivity index (χ3v) is 4.51. The summed E-state index contributed by atoms with van der Waals surface area (Å²) in [5.41, 5.74) is 7.17. The summed E-state index contributed by atoms with van der Waals surface area (Å²) >= 11 is 0. The highest BCUT2D eigenvalue weighted by Crippen LogP contribution is 2.34. The number of imidazole rings is 1. The molecule has 0 radical (unpaired) electrons. The SMILES string of the molecule is Cc1ccc(-c2nc3ccccn3c2N=Nc2ccccc2C)c(C)c1. The molecule has 4 aromatic rings. The van der Waals surface area contributed by atoms with Gasteiger partial charge in [0.1, 0.15) is 11.3 Å². The summed E-state index contributed by atoms with van der Waals surface area (Å²) in [6.07, 6.45) is 1.97. The van der Waals surface area contributed by atoms with Gasteiger partial charge in [-0.3, -0.25) is 4.40 Å². The maximum Gasteiger partial charge on any atom is 0.187 e. The first-order valence-electron chi connectivity index (χ1n) is 8.65. The minimum Gasteiger partial charge on any atom is -0.283 e. The highest BCUT2D eigenvalue weighted by Gasteiger charge is 2.15. The standard InChI is InChI=1S/C22H20N4/c1-15-11-12-18(17(3)14-15)21-22(26-13-7-6-10-20(26)23-21)25-24-19-9-5-4-8-16(19)2/h4-14H,1-3H3. The summed E-state index contributed by atoms with van der Waals surface area (Å²) in [4.78, 5) is 4.82. The Labute approximate surface area is 152 Å². The van der Waals surface area contributed by atoms with E-state index in [9.17, 15) is 0 Å². The smallest absolute Gasteiger partial charge is 0.187 e. The van der Waals surface area contributed by atoms with Gasteiger partial charge < -0.3 is 0 Å². The van der Waals surface area contributed by atoms with Crippen molar-refractivity contribution in [2.75, 3.05) is 0 Å². The van der Waals surface area contributed by atoms with E-state index in [1.807, 2.05) is 60.0 Å². The molecule has 0 saturated carbocycles. The van der Waals surface area contributed by atoms with E-state index < -0.39 is 0 Å². The van der Waals surface area contributed by atoms with Crippen LogP contribution in [0.4, 0.5) is 11.5 Å². The van der Waals surface area contributed by atoms with Crippen molar-refractivity contribution in [1.29, 1.82) is 0 Å². The fraction of sp³-hybridized carbons (Fsp3) is 0.136. The van der Waals surface area contributed by atoms with Crippen molar-refractivity contribution >= 4 is 17.2 Å². The molecular weight excluding hydrogens is 320 g/mol. The third-order valence-electron chi connectivity index (χ3n) is 4.51. The van der Waals surface area contributed by atoms with Crippen LogP contribution in [0.3, 0.4) is 0 Å². The average Bonchev–Trinajstić information content (AvgIpc) is 2.99. The molecule has 0 bridgehead atoms. The molecule has 4 heteroatoms. The van der Waals surface area contributed by atoms with E-state index >= 15 is 0 Å². The summed E-state index contributed by atoms with van der Waals surface area (Å²) in [5.74, 6) is 0.746. The Morgan fingerprint density at radius 1 is 0.808 bits per heavy atom. The summed E-state index contributed by atoms with van der Waals surface area (Å²) in [7, 11) is 0. The van der Waals surface area contributed by atoms with Gasteiger partial charge in [0.15, 0.2) is 5.82 Å². The van der Waals surface area contributed by atoms with Gasteiger partial charge in [-0.1, -0.05) is 48.0 Å². The predicted octanol–water partition coefficient (Wildman–Crippen LogP) is 6.34. The van der Waals surface area contributed by atoms with Crippen molar-refractivity contribution in [1.82, 2.24) is 9.38 Å². The quantitative estimate of drug-likeness (QED) is 0.401. The van der Waals surface area contributed by atoms with E-state index in [2.05, 4.69) is 42.3 Å². The van der Waals surface area contributed by atoms with Crippen molar-refractivity contribution in [3.05, 3.63) is 83.6 Å². The first-order chi connectivity index (χ1) is 12.6. The molecular formula is C22H20N4. The number of fused-ring (bicyclic) bond motifs is 1. The molecule has 0 aliphatic heterocycles. The van der Waals surface area contributed by atoms with Gasteiger partial charge in [0.2, 0.25) is 0 Å². The molecule has 4 rings (SSSR count). The molecule has 0 saturated heterocycles. The molecule has 0 amide bonds. The van der Waals surface area contributed by atoms with Crippen LogP contribution in [-0.2, 0) is 0 Å². The van der Waals surface area contributed by atoms with Crippen LogP contribution in [0.25, 0.3) is 16.9 Å². The predicted molar refractivity (Wildman–Crippen MR) is 105 cm³/mol. The van der Waals surface area contributed by atoms with Crippen LogP contribution in [0.1, 0.15) is 16.7 Å². The zero-order valence-electron chi connectivity index (χ0n) is 15.1. The summed E-state index contributed by atoms with van der Waals surface area (Å²) in [6, 6.07) is 20.3. The molecule has 0 aliphatic carbocycles. The summed E-state index contributed by atoms with van der Waals surface area (Å²) in [6.45, 7) is 6.24. The zero-order chi connectivity index (χ0) is 18.1. The molecule has 2 aromatic carbocycles. The van der Waals surface area contributed by atoms with Crippen LogP contribution in [0.2, 0.25) is 0 Å². The van der Waals surface area contributed by atoms with Crippen LogP contribution >= 0.6 is 0 Å². The highest BCUT2D eigenvalue weighted by atomic mass is 15.2. The number of aryl methyl sites for hydroxylation is 3. The van der Waals surface area contributed by atoms with Gasteiger partial charge in [0, 0.05) is 11.8 Å². The Bertz CT molecular complexity index is 1120. The zero-order valence-corrected chi connectivity index (χ0v) is 15.1. The second kappa shape index (κ2) is 6.56. The minimum atomic E-state index is 0.746. The molecule has 4 nitrogen and oxygen atoms in total. The number of rotatable bonds is 3. The van der Waals surface area contributed by atoms with Crippen molar-refractivity contribution in [2.45, 2.75) is 20.8 Å². The van der Waals surface area contributed by atoms with E-state index in [0.717, 1.165) is 34.0 Å². The number of nitrogens with zero attached hydrogens (tertiary/aromatic N) is 4. The monoisotopic (exact) mass is 340 g/mol. The molecule has 0 N–H and O–H groups in total. The fourth-order valence-electron chi connectivity index (χ4n) is 3.12. The highest BCUT2D eigenvalue weighted by molar-refractivity contribution is 5.76. The maximum absolute atomic E-state index is 4.82. The van der Waals surface area contributed by atoms with E-state index in [0.29, 0.717) is 0 Å². The molecule has 26 heavy (non-hydrogen) atoms. The maximum atomic E-state index is 4.82. The number of benzene rings is 2. The number of pyridine rings is 1. The molecule has 0 aliphatic rings. The summed E-state index contributed by atoms with van der Waals surface area (Å²) < 4.78 is 1.98. The van der Waals surface area contributed by atoms with Crippen LogP contribution < -0.4 is 0 Å².